The van der Waals surface area contributed by atoms with Crippen LogP contribution in [0.3, 0.4) is 0 Å². The summed E-state index contributed by atoms with van der Waals surface area (Å²) in [7, 11) is -2.77. The third-order valence-electron chi connectivity index (χ3n) is 5.08. The van der Waals surface area contributed by atoms with Crippen LogP contribution in [0.4, 0.5) is 0 Å². The summed E-state index contributed by atoms with van der Waals surface area (Å²) in [5, 5.41) is 4.19. The summed E-state index contributed by atoms with van der Waals surface area (Å²) in [6.45, 7) is 8.23. The molecule has 1 N–H and O–H groups in total. The first-order chi connectivity index (χ1) is 14.9. The Kier molecular flexibility index (Phi) is 6.80. The van der Waals surface area contributed by atoms with Crippen molar-refractivity contribution < 1.29 is 17.9 Å². The van der Waals surface area contributed by atoms with Crippen LogP contribution in [-0.2, 0) is 22.0 Å². The van der Waals surface area contributed by atoms with Crippen molar-refractivity contribution in [2.45, 2.75) is 44.6 Å². The van der Waals surface area contributed by atoms with Crippen LogP contribution in [0.1, 0.15) is 47.8 Å². The first-order valence-corrected chi connectivity index (χ1v) is 12.2. The fourth-order valence-electron chi connectivity index (χ4n) is 3.26. The molecule has 7 nitrogen and oxygen atoms in total. The summed E-state index contributed by atoms with van der Waals surface area (Å²) < 4.78 is 36.1. The first kappa shape index (κ1) is 24.0. The molecule has 9 heteroatoms. The molecule has 2 aromatic carbocycles. The molecule has 0 aliphatic rings. The van der Waals surface area contributed by atoms with Crippen molar-refractivity contribution in [2.75, 3.05) is 7.11 Å². The highest BCUT2D eigenvalue weighted by Gasteiger charge is 2.26. The largest absolute Gasteiger partial charge is 0.495 e. The molecule has 32 heavy (non-hydrogen) atoms. The lowest BCUT2D eigenvalue weighted by molar-refractivity contribution is 0.0980. The maximum absolute atomic E-state index is 13.1. The molecule has 0 atom stereocenters. The van der Waals surface area contributed by atoms with Crippen molar-refractivity contribution in [3.8, 4) is 5.75 Å². The van der Waals surface area contributed by atoms with Crippen LogP contribution in [0.25, 0.3) is 0 Å². The summed E-state index contributed by atoms with van der Waals surface area (Å²) in [6.07, 6.45) is 3.53. The van der Waals surface area contributed by atoms with Crippen LogP contribution < -0.4 is 9.46 Å². The summed E-state index contributed by atoms with van der Waals surface area (Å²) >= 11 is 3.48. The molecule has 0 saturated heterocycles. The molecular formula is C23H26BrN3O4S. The summed E-state index contributed by atoms with van der Waals surface area (Å²) in [6, 6.07) is 10.3. The topological polar surface area (TPSA) is 90.3 Å². The van der Waals surface area contributed by atoms with Gasteiger partial charge in [-0.05, 0) is 53.3 Å². The summed E-state index contributed by atoms with van der Waals surface area (Å²) in [4.78, 5) is 12.9. The number of carbonyl (C=O) groups is 1. The summed E-state index contributed by atoms with van der Waals surface area (Å²) in [5.74, 6) is -0.539. The Bertz CT molecular complexity index is 1250. The molecular weight excluding hydrogens is 494 g/mol. The number of sulfonamides is 1. The smallest absolute Gasteiger partial charge is 0.268 e. The Balaban J connectivity index is 1.92. The van der Waals surface area contributed by atoms with E-state index in [1.54, 1.807) is 36.0 Å². The monoisotopic (exact) mass is 519 g/mol. The second kappa shape index (κ2) is 9.07. The van der Waals surface area contributed by atoms with Gasteiger partial charge in [-0.3, -0.25) is 9.48 Å². The minimum atomic E-state index is -4.17. The number of aromatic nitrogens is 2. The number of nitrogens with zero attached hydrogens (tertiary/aromatic N) is 2. The first-order valence-electron chi connectivity index (χ1n) is 9.94. The Morgan fingerprint density at radius 3 is 2.53 bits per heavy atom. The summed E-state index contributed by atoms with van der Waals surface area (Å²) in [5.41, 5.74) is 2.37. The Labute approximate surface area is 197 Å². The molecule has 0 spiro atoms. The predicted molar refractivity (Wildman–Crippen MR) is 127 cm³/mol. The van der Waals surface area contributed by atoms with Crippen molar-refractivity contribution in [1.82, 2.24) is 14.5 Å². The van der Waals surface area contributed by atoms with Crippen molar-refractivity contribution >= 4 is 31.9 Å². The highest BCUT2D eigenvalue weighted by Crippen LogP contribution is 2.31. The zero-order chi connectivity index (χ0) is 23.7. The van der Waals surface area contributed by atoms with Gasteiger partial charge in [0, 0.05) is 22.4 Å². The van der Waals surface area contributed by atoms with Gasteiger partial charge in [0.2, 0.25) is 0 Å². The second-order valence-electron chi connectivity index (χ2n) is 8.51. The lowest BCUT2D eigenvalue weighted by atomic mass is 9.87. The molecule has 170 valence electrons. The normalized spacial score (nSPS) is 11.9. The van der Waals surface area contributed by atoms with Gasteiger partial charge in [-0.1, -0.05) is 48.8 Å². The van der Waals surface area contributed by atoms with E-state index in [0.717, 1.165) is 11.1 Å². The number of hydrogen-bond acceptors (Lipinski definition) is 5. The van der Waals surface area contributed by atoms with Crippen molar-refractivity contribution in [3.05, 3.63) is 75.5 Å². The Hall–Kier alpha value is -2.65. The highest BCUT2D eigenvalue weighted by molar-refractivity contribution is 9.10. The molecule has 3 aromatic rings. The minimum absolute atomic E-state index is 0.0761. The molecule has 1 amide bonds. The van der Waals surface area contributed by atoms with Gasteiger partial charge in [0.05, 0.1) is 13.7 Å². The van der Waals surface area contributed by atoms with Crippen molar-refractivity contribution in [2.24, 2.45) is 0 Å². The number of carbonyl (C=O) groups excluding carboxylic acids is 1. The van der Waals surface area contributed by atoms with Gasteiger partial charge in [-0.25, -0.2) is 13.1 Å². The van der Waals surface area contributed by atoms with E-state index in [2.05, 4.69) is 25.8 Å². The zero-order valence-corrected chi connectivity index (χ0v) is 21.0. The van der Waals surface area contributed by atoms with Crippen LogP contribution in [0.2, 0.25) is 0 Å². The number of nitrogens with one attached hydrogen (secondary N) is 1. The maximum Gasteiger partial charge on any atom is 0.268 e. The number of rotatable bonds is 6. The van der Waals surface area contributed by atoms with Crippen LogP contribution in [0, 0.1) is 6.92 Å². The van der Waals surface area contributed by atoms with E-state index in [9.17, 15) is 13.2 Å². The van der Waals surface area contributed by atoms with E-state index in [4.69, 9.17) is 4.74 Å². The van der Waals surface area contributed by atoms with Crippen LogP contribution in [0.5, 0.6) is 5.75 Å². The molecule has 0 saturated carbocycles. The van der Waals surface area contributed by atoms with E-state index in [0.29, 0.717) is 16.6 Å². The molecule has 1 aromatic heterocycles. The minimum Gasteiger partial charge on any atom is -0.495 e. The van der Waals surface area contributed by atoms with Crippen LogP contribution in [-0.4, -0.2) is 31.2 Å². The standard InChI is InChI=1S/C23H26BrN3O4S/c1-15-11-16(14-27-10-6-9-25-27)19(24)13-18(15)22(28)26-32(29,30)21-12-17(23(2,3)4)7-8-20(21)31-5/h6-13H,14H2,1-5H3,(H,26,28). The average molecular weight is 520 g/mol. The van der Waals surface area contributed by atoms with Crippen molar-refractivity contribution in [3.63, 3.8) is 0 Å². The van der Waals surface area contributed by atoms with Gasteiger partial charge in [0.15, 0.2) is 0 Å². The predicted octanol–water partition coefficient (Wildman–Crippen LogP) is 4.43. The van der Waals surface area contributed by atoms with Gasteiger partial charge in [-0.2, -0.15) is 5.10 Å². The van der Waals surface area contributed by atoms with E-state index < -0.39 is 15.9 Å². The average Bonchev–Trinajstić information content (AvgIpc) is 3.22. The van der Waals surface area contributed by atoms with Gasteiger partial charge >= 0.3 is 0 Å². The zero-order valence-electron chi connectivity index (χ0n) is 18.6. The number of benzene rings is 2. The molecule has 3 rings (SSSR count). The number of methoxy groups -OCH3 is 1. The lowest BCUT2D eigenvalue weighted by Crippen LogP contribution is -2.31. The fraction of sp³-hybridized carbons (Fsp3) is 0.304. The van der Waals surface area contributed by atoms with Gasteiger partial charge in [0.25, 0.3) is 15.9 Å². The third-order valence-corrected chi connectivity index (χ3v) is 7.17. The van der Waals surface area contributed by atoms with Gasteiger partial charge in [-0.15, -0.1) is 0 Å². The van der Waals surface area contributed by atoms with Gasteiger partial charge in [0.1, 0.15) is 10.6 Å². The van der Waals surface area contributed by atoms with Crippen molar-refractivity contribution in [1.29, 1.82) is 0 Å². The SMILES string of the molecule is COc1ccc(C(C)(C)C)cc1S(=O)(=O)NC(=O)c1cc(Br)c(Cn2cccn2)cc1C. The molecule has 0 bridgehead atoms. The second-order valence-corrected chi connectivity index (χ2v) is 11.0. The molecule has 0 aliphatic carbocycles. The number of hydrogen-bond donors (Lipinski definition) is 1. The third kappa shape index (κ3) is 5.21. The number of amides is 1. The molecule has 0 aliphatic heterocycles. The molecule has 0 radical (unpaired) electrons. The van der Waals surface area contributed by atoms with Crippen LogP contribution in [0.15, 0.2) is 58.2 Å². The quantitative estimate of drug-likeness (QED) is 0.520. The Morgan fingerprint density at radius 1 is 1.22 bits per heavy atom. The Morgan fingerprint density at radius 2 is 1.94 bits per heavy atom. The fourth-order valence-corrected chi connectivity index (χ4v) is 4.89. The maximum atomic E-state index is 13.1. The van der Waals surface area contributed by atoms with E-state index in [1.807, 2.05) is 45.2 Å². The molecule has 0 unspecified atom stereocenters. The van der Waals surface area contributed by atoms with Gasteiger partial charge < -0.3 is 4.74 Å². The molecule has 0 fully saturated rings. The van der Waals surface area contributed by atoms with E-state index >= 15 is 0 Å². The number of aryl methyl sites for hydroxylation is 1. The number of halogens is 1. The molecule has 1 heterocycles. The number of ether oxygens (including phenoxy) is 1. The van der Waals surface area contributed by atoms with Crippen LogP contribution >= 0.6 is 15.9 Å². The lowest BCUT2D eigenvalue weighted by Gasteiger charge is -2.21. The van der Waals surface area contributed by atoms with E-state index in [-0.39, 0.29) is 21.6 Å². The van der Waals surface area contributed by atoms with E-state index in [1.165, 1.54) is 7.11 Å². The highest BCUT2D eigenvalue weighted by atomic mass is 79.9.